The Morgan fingerprint density at radius 2 is 1.80 bits per heavy atom. The quantitative estimate of drug-likeness (QED) is 0.753. The molecular weight excluding hydrogens is 184 g/mol. The second-order valence-electron chi connectivity index (χ2n) is 5.09. The summed E-state index contributed by atoms with van der Waals surface area (Å²) in [6.07, 6.45) is 5.36. The van der Waals surface area contributed by atoms with Crippen molar-refractivity contribution in [2.75, 3.05) is 13.1 Å². The molecule has 2 atom stereocenters. The van der Waals surface area contributed by atoms with Crippen LogP contribution in [0, 0.1) is 0 Å². The Bertz CT molecular complexity index is 164. The molecule has 1 rings (SSSR count). The highest BCUT2D eigenvalue weighted by Crippen LogP contribution is 2.18. The second-order valence-corrected chi connectivity index (χ2v) is 5.09. The van der Waals surface area contributed by atoms with Crippen LogP contribution in [0.1, 0.15) is 53.4 Å². The fourth-order valence-electron chi connectivity index (χ4n) is 2.70. The van der Waals surface area contributed by atoms with Crippen molar-refractivity contribution >= 4 is 0 Å². The Morgan fingerprint density at radius 1 is 1.20 bits per heavy atom. The van der Waals surface area contributed by atoms with Gasteiger partial charge < -0.3 is 5.32 Å². The average molecular weight is 212 g/mol. The minimum absolute atomic E-state index is 0.664. The molecule has 1 saturated heterocycles. The summed E-state index contributed by atoms with van der Waals surface area (Å²) in [4.78, 5) is 2.73. The Morgan fingerprint density at radius 3 is 2.33 bits per heavy atom. The molecule has 2 heteroatoms. The zero-order valence-electron chi connectivity index (χ0n) is 10.9. The van der Waals surface area contributed by atoms with Crippen LogP contribution in [-0.2, 0) is 0 Å². The standard InChI is InChI=1S/C13H28N2/c1-5-7-13(8-6-2)15-10-11(3)14-9-12(15)4/h11-14H,5-10H2,1-4H3. The van der Waals surface area contributed by atoms with Gasteiger partial charge in [-0.1, -0.05) is 26.7 Å². The Balaban J connectivity index is 2.54. The summed E-state index contributed by atoms with van der Waals surface area (Å²) in [6, 6.07) is 2.20. The molecule has 1 fully saturated rings. The van der Waals surface area contributed by atoms with Gasteiger partial charge in [0.15, 0.2) is 0 Å². The molecule has 0 aromatic heterocycles. The number of nitrogens with one attached hydrogen (secondary N) is 1. The van der Waals surface area contributed by atoms with E-state index in [1.807, 2.05) is 0 Å². The molecule has 0 saturated carbocycles. The van der Waals surface area contributed by atoms with Gasteiger partial charge in [-0.3, -0.25) is 4.90 Å². The van der Waals surface area contributed by atoms with Gasteiger partial charge in [-0.2, -0.15) is 0 Å². The molecule has 1 aliphatic heterocycles. The third kappa shape index (κ3) is 3.76. The van der Waals surface area contributed by atoms with Crippen molar-refractivity contribution in [1.82, 2.24) is 10.2 Å². The minimum Gasteiger partial charge on any atom is -0.311 e. The molecule has 0 amide bonds. The molecule has 0 bridgehead atoms. The maximum atomic E-state index is 3.56. The Hall–Kier alpha value is -0.0800. The molecule has 90 valence electrons. The molecule has 0 aromatic rings. The summed E-state index contributed by atoms with van der Waals surface area (Å²) in [5.41, 5.74) is 0. The van der Waals surface area contributed by atoms with Gasteiger partial charge in [0.05, 0.1) is 0 Å². The molecule has 2 nitrogen and oxygen atoms in total. The van der Waals surface area contributed by atoms with Crippen molar-refractivity contribution in [3.05, 3.63) is 0 Å². The predicted molar refractivity (Wildman–Crippen MR) is 67.2 cm³/mol. The van der Waals surface area contributed by atoms with E-state index in [0.717, 1.165) is 12.6 Å². The van der Waals surface area contributed by atoms with Crippen LogP contribution < -0.4 is 5.32 Å². The lowest BCUT2D eigenvalue weighted by atomic mass is 10.00. The van der Waals surface area contributed by atoms with Gasteiger partial charge >= 0.3 is 0 Å². The molecule has 0 spiro atoms. The molecule has 2 unspecified atom stereocenters. The number of hydrogen-bond donors (Lipinski definition) is 1. The summed E-state index contributed by atoms with van der Waals surface area (Å²) in [5.74, 6) is 0. The van der Waals surface area contributed by atoms with Crippen LogP contribution in [0.3, 0.4) is 0 Å². The topological polar surface area (TPSA) is 15.3 Å². The van der Waals surface area contributed by atoms with Crippen LogP contribution in [0.15, 0.2) is 0 Å². The summed E-state index contributed by atoms with van der Waals surface area (Å²) < 4.78 is 0. The van der Waals surface area contributed by atoms with E-state index >= 15 is 0 Å². The monoisotopic (exact) mass is 212 g/mol. The van der Waals surface area contributed by atoms with Crippen LogP contribution in [0.2, 0.25) is 0 Å². The SMILES string of the molecule is CCCC(CCC)N1CC(C)NCC1C. The van der Waals surface area contributed by atoms with Crippen LogP contribution in [0.25, 0.3) is 0 Å². The number of nitrogens with zero attached hydrogens (tertiary/aromatic N) is 1. The number of rotatable bonds is 5. The summed E-state index contributed by atoms with van der Waals surface area (Å²) in [5, 5.41) is 3.56. The van der Waals surface area contributed by atoms with Crippen molar-refractivity contribution < 1.29 is 0 Å². The Kier molecular flexibility index (Phi) is 5.62. The molecule has 1 N–H and O–H groups in total. The van der Waals surface area contributed by atoms with Crippen molar-refractivity contribution in [2.45, 2.75) is 71.5 Å². The Labute approximate surface area is 95.4 Å². The molecule has 15 heavy (non-hydrogen) atoms. The molecule has 0 aliphatic carbocycles. The first-order valence-electron chi connectivity index (χ1n) is 6.68. The van der Waals surface area contributed by atoms with Crippen LogP contribution in [-0.4, -0.2) is 36.1 Å². The van der Waals surface area contributed by atoms with Gasteiger partial charge in [-0.15, -0.1) is 0 Å². The number of hydrogen-bond acceptors (Lipinski definition) is 2. The van der Waals surface area contributed by atoms with Gasteiger partial charge in [0.25, 0.3) is 0 Å². The van der Waals surface area contributed by atoms with Gasteiger partial charge in [0.1, 0.15) is 0 Å². The van der Waals surface area contributed by atoms with Gasteiger partial charge in [0, 0.05) is 31.2 Å². The van der Waals surface area contributed by atoms with Crippen LogP contribution >= 0.6 is 0 Å². The first kappa shape index (κ1) is 13.0. The van der Waals surface area contributed by atoms with Crippen molar-refractivity contribution in [2.24, 2.45) is 0 Å². The van der Waals surface area contributed by atoms with E-state index in [0.29, 0.717) is 12.1 Å². The van der Waals surface area contributed by atoms with E-state index in [1.54, 1.807) is 0 Å². The van der Waals surface area contributed by atoms with Crippen LogP contribution in [0.4, 0.5) is 0 Å². The first-order chi connectivity index (χ1) is 7.19. The average Bonchev–Trinajstić information content (AvgIpc) is 2.21. The minimum atomic E-state index is 0.664. The van der Waals surface area contributed by atoms with Gasteiger partial charge in [0.2, 0.25) is 0 Å². The highest BCUT2D eigenvalue weighted by molar-refractivity contribution is 4.85. The fourth-order valence-corrected chi connectivity index (χ4v) is 2.70. The molecular formula is C13H28N2. The lowest BCUT2D eigenvalue weighted by molar-refractivity contribution is 0.0840. The van der Waals surface area contributed by atoms with E-state index in [4.69, 9.17) is 0 Å². The van der Waals surface area contributed by atoms with E-state index in [2.05, 4.69) is 37.9 Å². The third-order valence-corrected chi connectivity index (χ3v) is 3.53. The molecule has 0 aromatic carbocycles. The van der Waals surface area contributed by atoms with E-state index in [9.17, 15) is 0 Å². The maximum Gasteiger partial charge on any atom is 0.0196 e. The van der Waals surface area contributed by atoms with Gasteiger partial charge in [-0.05, 0) is 26.7 Å². The molecule has 1 heterocycles. The largest absolute Gasteiger partial charge is 0.311 e. The second kappa shape index (κ2) is 6.49. The predicted octanol–water partition coefficient (Wildman–Crippen LogP) is 2.64. The fraction of sp³-hybridized carbons (Fsp3) is 1.00. The molecule has 0 radical (unpaired) electrons. The zero-order chi connectivity index (χ0) is 11.3. The van der Waals surface area contributed by atoms with Gasteiger partial charge in [-0.25, -0.2) is 0 Å². The third-order valence-electron chi connectivity index (χ3n) is 3.53. The van der Waals surface area contributed by atoms with Crippen LogP contribution in [0.5, 0.6) is 0 Å². The normalized spacial score (nSPS) is 28.6. The van der Waals surface area contributed by atoms with E-state index in [1.165, 1.54) is 32.2 Å². The summed E-state index contributed by atoms with van der Waals surface area (Å²) in [7, 11) is 0. The van der Waals surface area contributed by atoms with Crippen molar-refractivity contribution in [3.8, 4) is 0 Å². The first-order valence-corrected chi connectivity index (χ1v) is 6.68. The molecule has 1 aliphatic rings. The maximum absolute atomic E-state index is 3.56. The lowest BCUT2D eigenvalue weighted by Gasteiger charge is -2.42. The van der Waals surface area contributed by atoms with Crippen molar-refractivity contribution in [3.63, 3.8) is 0 Å². The smallest absolute Gasteiger partial charge is 0.0196 e. The lowest BCUT2D eigenvalue weighted by Crippen LogP contribution is -2.57. The summed E-state index contributed by atoms with van der Waals surface area (Å²) in [6.45, 7) is 11.7. The van der Waals surface area contributed by atoms with Crippen molar-refractivity contribution in [1.29, 1.82) is 0 Å². The number of piperazine rings is 1. The zero-order valence-corrected chi connectivity index (χ0v) is 10.9. The highest BCUT2D eigenvalue weighted by atomic mass is 15.2. The van der Waals surface area contributed by atoms with E-state index in [-0.39, 0.29) is 0 Å². The summed E-state index contributed by atoms with van der Waals surface area (Å²) >= 11 is 0. The van der Waals surface area contributed by atoms with E-state index < -0.39 is 0 Å². The highest BCUT2D eigenvalue weighted by Gasteiger charge is 2.27.